The maximum Gasteiger partial charge on any atom is 0.160 e. The summed E-state index contributed by atoms with van der Waals surface area (Å²) >= 11 is 0. The zero-order valence-corrected chi connectivity index (χ0v) is 23.6. The molecule has 0 aromatic heterocycles. The highest BCUT2D eigenvalue weighted by atomic mass is 79.9. The quantitative estimate of drug-likeness (QED) is 0.411. The molecule has 2 aliphatic carbocycles. The molecule has 3 N–H and O–H groups in total. The Morgan fingerprint density at radius 2 is 1.69 bits per heavy atom. The Morgan fingerprint density at radius 3 is 2.43 bits per heavy atom. The lowest BCUT2D eigenvalue weighted by Crippen LogP contribution is -2.34. The Hall–Kier alpha value is -1.47. The van der Waals surface area contributed by atoms with Gasteiger partial charge in [0.15, 0.2) is 11.5 Å². The van der Waals surface area contributed by atoms with Crippen molar-refractivity contribution >= 4 is 29.4 Å². The van der Waals surface area contributed by atoms with Gasteiger partial charge in [0.1, 0.15) is 5.75 Å². The predicted octanol–water partition coefficient (Wildman–Crippen LogP) is 5.62. The van der Waals surface area contributed by atoms with Gasteiger partial charge in [0.05, 0.1) is 7.11 Å². The van der Waals surface area contributed by atoms with Crippen LogP contribution in [0.25, 0.3) is 0 Å². The number of likely N-dealkylation sites (N-methyl/N-ethyl adjacent to an activating group) is 1. The normalized spacial score (nSPS) is 26.0. The Balaban J connectivity index is 0.000000185. The highest BCUT2D eigenvalue weighted by molar-refractivity contribution is 8.93. The van der Waals surface area contributed by atoms with Crippen molar-refractivity contribution in [3.05, 3.63) is 52.1 Å². The topological polar surface area (TPSA) is 65.0 Å². The van der Waals surface area contributed by atoms with Gasteiger partial charge in [0, 0.05) is 29.5 Å². The molecule has 2 fully saturated rings. The molecule has 2 aromatic carbocycles. The van der Waals surface area contributed by atoms with E-state index in [-0.39, 0.29) is 40.9 Å². The summed E-state index contributed by atoms with van der Waals surface area (Å²) in [6, 6.07) is 9.50. The number of fused-ring (bicyclic) bond motifs is 6. The maximum atomic E-state index is 9.92. The van der Waals surface area contributed by atoms with Crippen molar-refractivity contribution in [2.75, 3.05) is 26.7 Å². The summed E-state index contributed by atoms with van der Waals surface area (Å²) in [5.41, 5.74) is 6.50. The van der Waals surface area contributed by atoms with Gasteiger partial charge in [-0.3, -0.25) is 0 Å². The van der Waals surface area contributed by atoms with Gasteiger partial charge in [-0.25, -0.2) is 0 Å². The Kier molecular flexibility index (Phi) is 9.41. The van der Waals surface area contributed by atoms with Crippen molar-refractivity contribution in [3.63, 3.8) is 0 Å². The second-order valence-corrected chi connectivity index (χ2v) is 10.1. The third-order valence-corrected chi connectivity index (χ3v) is 8.60. The van der Waals surface area contributed by atoms with Crippen LogP contribution < -0.4 is 10.1 Å². The van der Waals surface area contributed by atoms with Crippen molar-refractivity contribution in [1.82, 2.24) is 10.2 Å². The summed E-state index contributed by atoms with van der Waals surface area (Å²) in [5.74, 6) is 2.52. The van der Waals surface area contributed by atoms with Crippen LogP contribution in [0.4, 0.5) is 0 Å². The first-order valence-electron chi connectivity index (χ1n) is 12.7. The van der Waals surface area contributed by atoms with Crippen molar-refractivity contribution in [2.45, 2.75) is 76.3 Å². The molecule has 0 spiro atoms. The number of hydrogen-bond donors (Lipinski definition) is 3. The van der Waals surface area contributed by atoms with Gasteiger partial charge >= 0.3 is 0 Å². The monoisotopic (exact) mass is 566 g/mol. The molecule has 2 aromatic rings. The molecule has 6 rings (SSSR count). The van der Waals surface area contributed by atoms with Crippen LogP contribution in [0.1, 0.15) is 72.3 Å². The van der Waals surface area contributed by atoms with E-state index in [1.165, 1.54) is 48.1 Å². The first-order valence-corrected chi connectivity index (χ1v) is 12.7. The number of aromatic hydroxyl groups is 2. The molecule has 0 unspecified atom stereocenters. The van der Waals surface area contributed by atoms with E-state index in [0.717, 1.165) is 49.6 Å². The van der Waals surface area contributed by atoms with Crippen molar-refractivity contribution in [3.8, 4) is 17.2 Å². The summed E-state index contributed by atoms with van der Waals surface area (Å²) in [4.78, 5) is 2.54. The van der Waals surface area contributed by atoms with Gasteiger partial charge in [-0.15, -0.1) is 29.4 Å². The Morgan fingerprint density at radius 1 is 0.971 bits per heavy atom. The average Bonchev–Trinajstić information content (AvgIpc) is 3.48. The second-order valence-electron chi connectivity index (χ2n) is 10.1. The van der Waals surface area contributed by atoms with Crippen LogP contribution in [-0.2, 0) is 12.8 Å². The number of likely N-dealkylation sites (tertiary alicyclic amines) is 1. The third kappa shape index (κ3) is 5.04. The van der Waals surface area contributed by atoms with Crippen LogP contribution in [0.2, 0.25) is 0 Å². The number of ether oxygens (including phenoxy) is 1. The summed E-state index contributed by atoms with van der Waals surface area (Å²) < 4.78 is 5.57. The van der Waals surface area contributed by atoms with E-state index >= 15 is 0 Å². The fraction of sp³-hybridized carbons (Fsp3) is 0.571. The van der Waals surface area contributed by atoms with E-state index in [2.05, 4.69) is 36.2 Å². The van der Waals surface area contributed by atoms with Crippen molar-refractivity contribution < 1.29 is 14.9 Å². The minimum absolute atomic E-state index is 0. The van der Waals surface area contributed by atoms with E-state index in [1.807, 2.05) is 6.07 Å². The molecule has 2 heterocycles. The van der Waals surface area contributed by atoms with Crippen LogP contribution in [0.3, 0.4) is 0 Å². The van der Waals surface area contributed by atoms with Gasteiger partial charge in [0.25, 0.3) is 0 Å². The lowest BCUT2D eigenvalue weighted by molar-refractivity contribution is 0.237. The first kappa shape index (κ1) is 28.1. The number of phenolic OH excluding ortho intramolecular Hbond substituents is 2. The van der Waals surface area contributed by atoms with Gasteiger partial charge in [-0.05, 0) is 93.4 Å². The number of rotatable bonds is 2. The molecule has 194 valence electrons. The predicted molar refractivity (Wildman–Crippen MR) is 149 cm³/mol. The number of nitrogens with one attached hydrogen (secondary N) is 1. The van der Waals surface area contributed by atoms with Crippen LogP contribution in [0.15, 0.2) is 24.3 Å². The molecule has 0 amide bonds. The SMILES string of the molecule is Br.CCN1CC[C@H]2c3ccc(O)c(O)c3CC[C@H]21.COc1c(C)ccc2c1CC[C@H]1NCC[C@@H]21.Cl. The van der Waals surface area contributed by atoms with Crippen LogP contribution in [0.5, 0.6) is 17.2 Å². The molecule has 7 heteroatoms. The molecule has 35 heavy (non-hydrogen) atoms. The maximum absolute atomic E-state index is 9.92. The zero-order chi connectivity index (χ0) is 23.1. The fourth-order valence-corrected chi connectivity index (χ4v) is 6.99. The smallest absolute Gasteiger partial charge is 0.160 e. The van der Waals surface area contributed by atoms with Gasteiger partial charge in [0.2, 0.25) is 0 Å². The van der Waals surface area contributed by atoms with Crippen LogP contribution in [-0.4, -0.2) is 53.9 Å². The minimum Gasteiger partial charge on any atom is -0.504 e. The van der Waals surface area contributed by atoms with Gasteiger partial charge < -0.3 is 25.2 Å². The molecular formula is C28H40BrClN2O3. The molecule has 2 saturated heterocycles. The first-order chi connectivity index (χ1) is 16.0. The van der Waals surface area contributed by atoms with Crippen molar-refractivity contribution in [1.29, 1.82) is 0 Å². The Labute approximate surface area is 226 Å². The molecule has 4 atom stereocenters. The second kappa shape index (κ2) is 11.7. The fourth-order valence-electron chi connectivity index (χ4n) is 6.99. The minimum atomic E-state index is 0. The lowest BCUT2D eigenvalue weighted by atomic mass is 9.79. The highest BCUT2D eigenvalue weighted by Gasteiger charge is 2.39. The average molecular weight is 568 g/mol. The Bertz CT molecular complexity index is 1030. The van der Waals surface area contributed by atoms with Gasteiger partial charge in [-0.1, -0.05) is 25.1 Å². The highest BCUT2D eigenvalue weighted by Crippen LogP contribution is 2.46. The summed E-state index contributed by atoms with van der Waals surface area (Å²) in [6.07, 6.45) is 6.86. The molecular weight excluding hydrogens is 528 g/mol. The van der Waals surface area contributed by atoms with Crippen LogP contribution in [0, 0.1) is 6.92 Å². The standard InChI is InChI=1S/C14H19NO2.C14H19NO.BrH.ClH/c1-2-15-8-7-10-9-4-6-13(16)14(17)11(9)3-5-12(10)15;1-9-3-4-10-11-7-8-15-13(11)6-5-12(10)14(9)16-2;;/h4,6,10,12,16-17H,2-3,5,7-8H2,1H3;3-4,11,13,15H,5-8H2,1-2H3;2*1H/t10-,12+;11-,13+;;/m00../s1. The van der Waals surface area contributed by atoms with Crippen molar-refractivity contribution in [2.24, 2.45) is 0 Å². The molecule has 0 bridgehead atoms. The number of halogens is 2. The number of methoxy groups -OCH3 is 1. The van der Waals surface area contributed by atoms with Gasteiger partial charge in [-0.2, -0.15) is 0 Å². The summed E-state index contributed by atoms with van der Waals surface area (Å²) in [5, 5.41) is 23.1. The third-order valence-electron chi connectivity index (χ3n) is 8.60. The summed E-state index contributed by atoms with van der Waals surface area (Å²) in [7, 11) is 1.79. The molecule has 0 saturated carbocycles. The largest absolute Gasteiger partial charge is 0.504 e. The van der Waals surface area contributed by atoms with E-state index in [4.69, 9.17) is 4.74 Å². The molecule has 4 aliphatic rings. The van der Waals surface area contributed by atoms with E-state index in [9.17, 15) is 10.2 Å². The molecule has 2 aliphatic heterocycles. The lowest BCUT2D eigenvalue weighted by Gasteiger charge is -2.33. The van der Waals surface area contributed by atoms with Crippen LogP contribution >= 0.6 is 29.4 Å². The number of hydrogen-bond acceptors (Lipinski definition) is 5. The number of nitrogens with zero attached hydrogens (tertiary/aromatic N) is 1. The van der Waals surface area contributed by atoms with E-state index < -0.39 is 0 Å². The van der Waals surface area contributed by atoms with E-state index in [0.29, 0.717) is 18.0 Å². The zero-order valence-electron chi connectivity index (χ0n) is 21.0. The number of phenols is 2. The number of aryl methyl sites for hydroxylation is 1. The summed E-state index contributed by atoms with van der Waals surface area (Å²) in [6.45, 7) is 7.79. The molecule has 0 radical (unpaired) electrons. The molecule has 5 nitrogen and oxygen atoms in total. The van der Waals surface area contributed by atoms with E-state index in [1.54, 1.807) is 13.2 Å². The number of benzene rings is 2.